The Hall–Kier alpha value is -2.00. The van der Waals surface area contributed by atoms with E-state index in [9.17, 15) is 10.1 Å². The van der Waals surface area contributed by atoms with E-state index in [4.69, 9.17) is 27.9 Å². The molecule has 0 aliphatic carbocycles. The summed E-state index contributed by atoms with van der Waals surface area (Å²) in [6.07, 6.45) is 1.46. The fourth-order valence-corrected chi connectivity index (χ4v) is 3.30. The first-order valence-corrected chi connectivity index (χ1v) is 9.21. The van der Waals surface area contributed by atoms with Gasteiger partial charge in [-0.3, -0.25) is 4.79 Å². The van der Waals surface area contributed by atoms with Crippen LogP contribution in [0, 0.1) is 18.3 Å². The van der Waals surface area contributed by atoms with Crippen molar-refractivity contribution in [2.75, 3.05) is 11.9 Å². The number of aryl methyl sites for hydroxylation is 1. The van der Waals surface area contributed by atoms with Crippen LogP contribution in [-0.2, 0) is 4.79 Å². The van der Waals surface area contributed by atoms with Crippen molar-refractivity contribution >= 4 is 56.8 Å². The first-order valence-electron chi connectivity index (χ1n) is 7.66. The highest BCUT2D eigenvalue weighted by molar-refractivity contribution is 9.10. The van der Waals surface area contributed by atoms with Gasteiger partial charge in [0.2, 0.25) is 0 Å². The number of amides is 1. The Labute approximate surface area is 170 Å². The van der Waals surface area contributed by atoms with Gasteiger partial charge in [0.05, 0.1) is 16.1 Å². The number of carbonyl (C=O) groups is 1. The van der Waals surface area contributed by atoms with Gasteiger partial charge < -0.3 is 10.1 Å². The van der Waals surface area contributed by atoms with Crippen LogP contribution in [0.4, 0.5) is 5.69 Å². The molecule has 4 nitrogen and oxygen atoms in total. The molecule has 0 aliphatic rings. The van der Waals surface area contributed by atoms with E-state index in [1.165, 1.54) is 6.08 Å². The third-order valence-corrected chi connectivity index (χ3v) is 4.69. The first kappa shape index (κ1) is 20.3. The standard InChI is InChI=1S/C19H15BrCl2N2O2/c1-3-26-18-15(20)7-12(8-17(18)22)6-13(10-23)19(25)24-14-5-4-11(2)16(21)9-14/h4-9H,3H2,1-2H3,(H,24,25)/b13-6-. The summed E-state index contributed by atoms with van der Waals surface area (Å²) < 4.78 is 6.08. The van der Waals surface area contributed by atoms with Crippen LogP contribution in [0.5, 0.6) is 5.75 Å². The molecule has 2 rings (SSSR count). The second-order valence-corrected chi connectivity index (χ2v) is 7.00. The quantitative estimate of drug-likeness (QED) is 0.445. The van der Waals surface area contributed by atoms with Gasteiger partial charge in [-0.2, -0.15) is 5.26 Å². The van der Waals surface area contributed by atoms with Crippen molar-refractivity contribution in [3.05, 3.63) is 61.5 Å². The fourth-order valence-electron chi connectivity index (χ4n) is 2.13. The maximum Gasteiger partial charge on any atom is 0.266 e. The van der Waals surface area contributed by atoms with Crippen LogP contribution in [0.2, 0.25) is 10.0 Å². The van der Waals surface area contributed by atoms with Gasteiger partial charge in [0.15, 0.2) is 5.75 Å². The number of carbonyl (C=O) groups excluding carboxylic acids is 1. The molecule has 0 aromatic heterocycles. The summed E-state index contributed by atoms with van der Waals surface area (Å²) in [5, 5.41) is 12.9. The van der Waals surface area contributed by atoms with Crippen molar-refractivity contribution in [2.45, 2.75) is 13.8 Å². The molecule has 2 aromatic rings. The maximum absolute atomic E-state index is 12.4. The lowest BCUT2D eigenvalue weighted by molar-refractivity contribution is -0.112. The third-order valence-electron chi connectivity index (χ3n) is 3.42. The molecule has 0 bridgehead atoms. The molecule has 1 amide bonds. The Morgan fingerprint density at radius 2 is 2.04 bits per heavy atom. The minimum absolute atomic E-state index is 0.0613. The number of ether oxygens (including phenoxy) is 1. The molecule has 0 heterocycles. The van der Waals surface area contributed by atoms with Gasteiger partial charge in [-0.05, 0) is 71.2 Å². The molecule has 0 saturated carbocycles. The van der Waals surface area contributed by atoms with E-state index in [1.54, 1.807) is 30.3 Å². The topological polar surface area (TPSA) is 62.1 Å². The van der Waals surface area contributed by atoms with Gasteiger partial charge >= 0.3 is 0 Å². The van der Waals surface area contributed by atoms with Crippen molar-refractivity contribution in [1.82, 2.24) is 0 Å². The molecule has 7 heteroatoms. The lowest BCUT2D eigenvalue weighted by Crippen LogP contribution is -2.13. The first-order chi connectivity index (χ1) is 12.3. The van der Waals surface area contributed by atoms with E-state index in [-0.39, 0.29) is 5.57 Å². The molecule has 0 aliphatic heterocycles. The number of nitriles is 1. The maximum atomic E-state index is 12.4. The molecule has 0 unspecified atom stereocenters. The zero-order valence-corrected chi connectivity index (χ0v) is 17.2. The van der Waals surface area contributed by atoms with Gasteiger partial charge in [0, 0.05) is 10.7 Å². The Kier molecular flexibility index (Phi) is 7.10. The summed E-state index contributed by atoms with van der Waals surface area (Å²) in [6, 6.07) is 10.4. The SMILES string of the molecule is CCOc1c(Cl)cc(/C=C(/C#N)C(=O)Nc2ccc(C)c(Cl)c2)cc1Br. The number of nitrogens with zero attached hydrogens (tertiary/aromatic N) is 1. The monoisotopic (exact) mass is 452 g/mol. The molecule has 2 aromatic carbocycles. The van der Waals surface area contributed by atoms with Gasteiger partial charge in [0.1, 0.15) is 11.6 Å². The zero-order chi connectivity index (χ0) is 19.3. The minimum atomic E-state index is -0.534. The van der Waals surface area contributed by atoms with Gasteiger partial charge in [-0.25, -0.2) is 0 Å². The van der Waals surface area contributed by atoms with Gasteiger partial charge in [0.25, 0.3) is 5.91 Å². The van der Waals surface area contributed by atoms with E-state index < -0.39 is 5.91 Å². The summed E-state index contributed by atoms with van der Waals surface area (Å²) in [7, 11) is 0. The summed E-state index contributed by atoms with van der Waals surface area (Å²) in [4.78, 5) is 12.4. The van der Waals surface area contributed by atoms with Crippen LogP contribution in [-0.4, -0.2) is 12.5 Å². The average Bonchev–Trinajstić information content (AvgIpc) is 2.59. The smallest absolute Gasteiger partial charge is 0.266 e. The molecule has 0 fully saturated rings. The van der Waals surface area contributed by atoms with Crippen molar-refractivity contribution in [3.8, 4) is 11.8 Å². The molecule has 1 N–H and O–H groups in total. The number of hydrogen-bond donors (Lipinski definition) is 1. The molecular weight excluding hydrogens is 439 g/mol. The van der Waals surface area contributed by atoms with Crippen LogP contribution in [0.15, 0.2) is 40.4 Å². The lowest BCUT2D eigenvalue weighted by Gasteiger charge is -2.09. The normalized spacial score (nSPS) is 11.0. The number of halogens is 3. The largest absolute Gasteiger partial charge is 0.491 e. The highest BCUT2D eigenvalue weighted by Gasteiger charge is 2.13. The van der Waals surface area contributed by atoms with Crippen molar-refractivity contribution < 1.29 is 9.53 Å². The number of rotatable bonds is 5. The molecule has 0 spiro atoms. The second-order valence-electron chi connectivity index (χ2n) is 5.33. The molecule has 0 saturated heterocycles. The molecule has 134 valence electrons. The Morgan fingerprint density at radius 1 is 1.31 bits per heavy atom. The Bertz CT molecular complexity index is 897. The summed E-state index contributed by atoms with van der Waals surface area (Å²) in [6.45, 7) is 4.19. The molecule has 0 atom stereocenters. The highest BCUT2D eigenvalue weighted by atomic mass is 79.9. The lowest BCUT2D eigenvalue weighted by atomic mass is 10.1. The fraction of sp³-hybridized carbons (Fsp3) is 0.158. The van der Waals surface area contributed by atoms with E-state index in [1.807, 2.05) is 19.9 Å². The number of benzene rings is 2. The van der Waals surface area contributed by atoms with E-state index in [0.717, 1.165) is 5.56 Å². The number of nitrogens with one attached hydrogen (secondary N) is 1. The van der Waals surface area contributed by atoms with E-state index in [0.29, 0.717) is 38.1 Å². The van der Waals surface area contributed by atoms with Crippen LogP contribution < -0.4 is 10.1 Å². The zero-order valence-electron chi connectivity index (χ0n) is 14.1. The second kappa shape index (κ2) is 9.09. The molecule has 26 heavy (non-hydrogen) atoms. The number of hydrogen-bond acceptors (Lipinski definition) is 3. The van der Waals surface area contributed by atoms with Crippen molar-refractivity contribution in [3.63, 3.8) is 0 Å². The summed E-state index contributed by atoms with van der Waals surface area (Å²) >= 11 is 15.6. The predicted molar refractivity (Wildman–Crippen MR) is 109 cm³/mol. The Morgan fingerprint density at radius 3 is 2.62 bits per heavy atom. The summed E-state index contributed by atoms with van der Waals surface area (Å²) in [5.74, 6) is -0.0166. The van der Waals surface area contributed by atoms with Crippen molar-refractivity contribution in [1.29, 1.82) is 5.26 Å². The van der Waals surface area contributed by atoms with Crippen molar-refractivity contribution in [2.24, 2.45) is 0 Å². The molecular formula is C19H15BrCl2N2O2. The summed E-state index contributed by atoms with van der Waals surface area (Å²) in [5.41, 5.74) is 1.94. The Balaban J connectivity index is 2.28. The van der Waals surface area contributed by atoms with Gasteiger partial charge in [-0.1, -0.05) is 29.3 Å². The van der Waals surface area contributed by atoms with E-state index >= 15 is 0 Å². The third kappa shape index (κ3) is 5.01. The molecule has 0 radical (unpaired) electrons. The van der Waals surface area contributed by atoms with Crippen LogP contribution >= 0.6 is 39.1 Å². The van der Waals surface area contributed by atoms with Crippen LogP contribution in [0.25, 0.3) is 6.08 Å². The predicted octanol–water partition coefficient (Wildman–Crippen LogP) is 6.01. The van der Waals surface area contributed by atoms with Crippen LogP contribution in [0.3, 0.4) is 0 Å². The van der Waals surface area contributed by atoms with Crippen LogP contribution in [0.1, 0.15) is 18.1 Å². The van der Waals surface area contributed by atoms with E-state index in [2.05, 4.69) is 21.2 Å². The average molecular weight is 454 g/mol. The van der Waals surface area contributed by atoms with Gasteiger partial charge in [-0.15, -0.1) is 0 Å². The number of anilines is 1. The highest BCUT2D eigenvalue weighted by Crippen LogP contribution is 2.35. The minimum Gasteiger partial charge on any atom is -0.491 e.